The molecule has 4 heteroatoms. The minimum atomic E-state index is 0.452. The Morgan fingerprint density at radius 1 is 1.47 bits per heavy atom. The number of ether oxygens (including phenoxy) is 2. The number of para-hydroxylation sites is 1. The van der Waals surface area contributed by atoms with Crippen molar-refractivity contribution >= 4 is 15.9 Å². The topological polar surface area (TPSA) is 21.7 Å². The fourth-order valence-electron chi connectivity index (χ4n) is 2.09. The Kier molecular flexibility index (Phi) is 4.83. The zero-order chi connectivity index (χ0) is 12.1. The lowest BCUT2D eigenvalue weighted by Crippen LogP contribution is -2.45. The first-order chi connectivity index (χ1) is 8.35. The largest absolute Gasteiger partial charge is 0.496 e. The highest BCUT2D eigenvalue weighted by molar-refractivity contribution is 9.09. The van der Waals surface area contributed by atoms with E-state index in [0.717, 1.165) is 37.4 Å². The minimum absolute atomic E-state index is 0.452. The van der Waals surface area contributed by atoms with Crippen LogP contribution < -0.4 is 4.74 Å². The molecule has 1 aromatic rings. The van der Waals surface area contributed by atoms with Crippen LogP contribution in [-0.4, -0.2) is 43.1 Å². The van der Waals surface area contributed by atoms with Gasteiger partial charge in [-0.15, -0.1) is 0 Å². The second-order valence-electron chi connectivity index (χ2n) is 4.17. The summed E-state index contributed by atoms with van der Waals surface area (Å²) >= 11 is 3.55. The van der Waals surface area contributed by atoms with Gasteiger partial charge in [0.15, 0.2) is 0 Å². The van der Waals surface area contributed by atoms with Gasteiger partial charge < -0.3 is 9.47 Å². The predicted octanol–water partition coefficient (Wildman–Crippen LogP) is 2.29. The van der Waals surface area contributed by atoms with Crippen molar-refractivity contribution in [2.75, 3.05) is 32.2 Å². The summed E-state index contributed by atoms with van der Waals surface area (Å²) in [6.45, 7) is 3.52. The number of methoxy groups -OCH3 is 1. The number of rotatable bonds is 4. The van der Waals surface area contributed by atoms with Crippen molar-refractivity contribution in [2.45, 2.75) is 12.6 Å². The number of benzene rings is 1. The van der Waals surface area contributed by atoms with Gasteiger partial charge >= 0.3 is 0 Å². The molecule has 1 unspecified atom stereocenters. The maximum Gasteiger partial charge on any atom is 0.123 e. The highest BCUT2D eigenvalue weighted by Gasteiger charge is 2.22. The molecule has 1 fully saturated rings. The van der Waals surface area contributed by atoms with Crippen LogP contribution in [0.15, 0.2) is 24.3 Å². The first kappa shape index (κ1) is 12.9. The van der Waals surface area contributed by atoms with Crippen LogP contribution in [0.5, 0.6) is 5.75 Å². The van der Waals surface area contributed by atoms with E-state index in [0.29, 0.717) is 6.04 Å². The molecule has 1 saturated heterocycles. The molecule has 0 saturated carbocycles. The van der Waals surface area contributed by atoms with E-state index >= 15 is 0 Å². The summed E-state index contributed by atoms with van der Waals surface area (Å²) in [7, 11) is 1.72. The highest BCUT2D eigenvalue weighted by Crippen LogP contribution is 2.21. The van der Waals surface area contributed by atoms with Gasteiger partial charge in [-0.3, -0.25) is 4.90 Å². The third-order valence-corrected chi connectivity index (χ3v) is 3.84. The number of alkyl halides is 1. The van der Waals surface area contributed by atoms with E-state index in [-0.39, 0.29) is 0 Å². The third-order valence-electron chi connectivity index (χ3n) is 3.09. The molecular weight excluding hydrogens is 282 g/mol. The van der Waals surface area contributed by atoms with Gasteiger partial charge in [-0.2, -0.15) is 0 Å². The molecule has 0 N–H and O–H groups in total. The maximum absolute atomic E-state index is 5.49. The van der Waals surface area contributed by atoms with Crippen molar-refractivity contribution in [3.63, 3.8) is 0 Å². The second-order valence-corrected chi connectivity index (χ2v) is 4.81. The quantitative estimate of drug-likeness (QED) is 0.796. The molecule has 0 radical (unpaired) electrons. The first-order valence-electron chi connectivity index (χ1n) is 5.85. The van der Waals surface area contributed by atoms with E-state index in [1.807, 2.05) is 12.1 Å². The average Bonchev–Trinajstić information content (AvgIpc) is 2.40. The predicted molar refractivity (Wildman–Crippen MR) is 71.8 cm³/mol. The molecule has 94 valence electrons. The fourth-order valence-corrected chi connectivity index (χ4v) is 2.69. The summed E-state index contributed by atoms with van der Waals surface area (Å²) in [4.78, 5) is 2.44. The monoisotopic (exact) mass is 299 g/mol. The summed E-state index contributed by atoms with van der Waals surface area (Å²) in [5, 5.41) is 0.947. The summed E-state index contributed by atoms with van der Waals surface area (Å²) in [5.74, 6) is 0.965. The van der Waals surface area contributed by atoms with Crippen molar-refractivity contribution in [3.8, 4) is 5.75 Å². The van der Waals surface area contributed by atoms with Crippen molar-refractivity contribution in [1.82, 2.24) is 4.90 Å². The molecule has 1 heterocycles. The molecule has 0 bridgehead atoms. The van der Waals surface area contributed by atoms with E-state index < -0.39 is 0 Å². The molecule has 2 rings (SSSR count). The molecule has 0 spiro atoms. The molecule has 3 nitrogen and oxygen atoms in total. The zero-order valence-electron chi connectivity index (χ0n) is 10.1. The van der Waals surface area contributed by atoms with Crippen molar-refractivity contribution in [1.29, 1.82) is 0 Å². The summed E-state index contributed by atoms with van der Waals surface area (Å²) in [6.07, 6.45) is 0. The van der Waals surface area contributed by atoms with E-state index in [2.05, 4.69) is 33.0 Å². The Bertz CT molecular complexity index is 359. The van der Waals surface area contributed by atoms with Crippen molar-refractivity contribution < 1.29 is 9.47 Å². The molecule has 17 heavy (non-hydrogen) atoms. The Hall–Kier alpha value is -0.580. The van der Waals surface area contributed by atoms with Crippen LogP contribution in [-0.2, 0) is 11.3 Å². The van der Waals surface area contributed by atoms with E-state index in [4.69, 9.17) is 9.47 Å². The molecular formula is C13H18BrNO2. The SMILES string of the molecule is COc1ccccc1CN1CCOCC1CBr. The molecule has 1 atom stereocenters. The van der Waals surface area contributed by atoms with Gasteiger partial charge in [0, 0.05) is 30.0 Å². The lowest BCUT2D eigenvalue weighted by atomic mass is 10.1. The van der Waals surface area contributed by atoms with Crippen molar-refractivity contribution in [3.05, 3.63) is 29.8 Å². The molecule has 1 aliphatic heterocycles. The maximum atomic E-state index is 5.49. The molecule has 0 aliphatic carbocycles. The standard InChI is InChI=1S/C13H18BrNO2/c1-16-13-5-3-2-4-11(13)9-15-6-7-17-10-12(15)8-14/h2-5,12H,6-10H2,1H3. The van der Waals surface area contributed by atoms with Crippen LogP contribution in [0, 0.1) is 0 Å². The van der Waals surface area contributed by atoms with Crippen molar-refractivity contribution in [2.24, 2.45) is 0 Å². The Balaban J connectivity index is 2.08. The fraction of sp³-hybridized carbons (Fsp3) is 0.538. The smallest absolute Gasteiger partial charge is 0.123 e. The Morgan fingerprint density at radius 2 is 2.29 bits per heavy atom. The van der Waals surface area contributed by atoms with Gasteiger partial charge in [0.1, 0.15) is 5.75 Å². The van der Waals surface area contributed by atoms with Crippen LogP contribution in [0.3, 0.4) is 0 Å². The van der Waals surface area contributed by atoms with Gasteiger partial charge in [-0.1, -0.05) is 34.1 Å². The van der Waals surface area contributed by atoms with E-state index in [1.54, 1.807) is 7.11 Å². The normalized spacial score (nSPS) is 21.4. The number of halogens is 1. The molecule has 1 aliphatic rings. The lowest BCUT2D eigenvalue weighted by molar-refractivity contribution is -0.00239. The molecule has 0 aromatic heterocycles. The van der Waals surface area contributed by atoms with Crippen LogP contribution in [0.25, 0.3) is 0 Å². The summed E-state index contributed by atoms with van der Waals surface area (Å²) < 4.78 is 10.9. The third kappa shape index (κ3) is 3.21. The van der Waals surface area contributed by atoms with Crippen LogP contribution in [0.1, 0.15) is 5.56 Å². The van der Waals surface area contributed by atoms with E-state index in [1.165, 1.54) is 5.56 Å². The first-order valence-corrected chi connectivity index (χ1v) is 6.97. The van der Waals surface area contributed by atoms with Crippen LogP contribution in [0.2, 0.25) is 0 Å². The average molecular weight is 300 g/mol. The highest BCUT2D eigenvalue weighted by atomic mass is 79.9. The van der Waals surface area contributed by atoms with Gasteiger partial charge in [-0.05, 0) is 6.07 Å². The Morgan fingerprint density at radius 3 is 3.06 bits per heavy atom. The molecule has 0 amide bonds. The Labute approximate surface area is 111 Å². The van der Waals surface area contributed by atoms with Gasteiger partial charge in [-0.25, -0.2) is 0 Å². The zero-order valence-corrected chi connectivity index (χ0v) is 11.6. The van der Waals surface area contributed by atoms with Gasteiger partial charge in [0.2, 0.25) is 0 Å². The second kappa shape index (κ2) is 6.38. The number of morpholine rings is 1. The van der Waals surface area contributed by atoms with E-state index in [9.17, 15) is 0 Å². The summed E-state index contributed by atoms with van der Waals surface area (Å²) in [6, 6.07) is 8.65. The number of hydrogen-bond acceptors (Lipinski definition) is 3. The van der Waals surface area contributed by atoms with Gasteiger partial charge in [0.05, 0.1) is 20.3 Å². The van der Waals surface area contributed by atoms with Crippen LogP contribution in [0.4, 0.5) is 0 Å². The number of hydrogen-bond donors (Lipinski definition) is 0. The summed E-state index contributed by atoms with van der Waals surface area (Å²) in [5.41, 5.74) is 1.24. The van der Waals surface area contributed by atoms with Gasteiger partial charge in [0.25, 0.3) is 0 Å². The van der Waals surface area contributed by atoms with Crippen LogP contribution >= 0.6 is 15.9 Å². The lowest BCUT2D eigenvalue weighted by Gasteiger charge is -2.34. The molecule has 1 aromatic carbocycles. The number of nitrogens with zero attached hydrogens (tertiary/aromatic N) is 1. The minimum Gasteiger partial charge on any atom is -0.496 e.